The lowest BCUT2D eigenvalue weighted by molar-refractivity contribution is -0.940. The maximum atomic E-state index is 11.9. The van der Waals surface area contributed by atoms with E-state index in [-0.39, 0.29) is 5.97 Å². The molecule has 2 heterocycles. The molecule has 22 heavy (non-hydrogen) atoms. The van der Waals surface area contributed by atoms with Crippen molar-refractivity contribution in [1.82, 2.24) is 0 Å². The van der Waals surface area contributed by atoms with E-state index in [9.17, 15) is 4.79 Å². The smallest absolute Gasteiger partial charge is 0.330 e. The van der Waals surface area contributed by atoms with Crippen LogP contribution in [-0.2, 0) is 9.53 Å². The first-order valence-electron chi connectivity index (χ1n) is 8.57. The molecule has 0 saturated carbocycles. The van der Waals surface area contributed by atoms with E-state index in [0.29, 0.717) is 18.6 Å². The van der Waals surface area contributed by atoms with Crippen LogP contribution in [0.3, 0.4) is 0 Å². The minimum absolute atomic E-state index is 0.216. The van der Waals surface area contributed by atoms with Gasteiger partial charge in [-0.05, 0) is 43.7 Å². The van der Waals surface area contributed by atoms with Gasteiger partial charge in [0.25, 0.3) is 0 Å². The van der Waals surface area contributed by atoms with Crippen LogP contribution in [0.5, 0.6) is 0 Å². The molecule has 2 aliphatic heterocycles. The molecule has 2 fully saturated rings. The Hall–Kier alpha value is -1.61. The third-order valence-electron chi connectivity index (χ3n) is 5.08. The number of piperidine rings is 2. The summed E-state index contributed by atoms with van der Waals surface area (Å²) in [5.41, 5.74) is 1.03. The lowest BCUT2D eigenvalue weighted by Crippen LogP contribution is -3.18. The fourth-order valence-electron chi connectivity index (χ4n) is 3.94. The predicted octanol–water partition coefficient (Wildman–Crippen LogP) is 2.09. The molecule has 0 aliphatic carbocycles. The molecule has 0 bridgehead atoms. The molecule has 1 N–H and O–H groups in total. The number of carbonyl (C=O) groups is 1. The highest BCUT2D eigenvalue weighted by molar-refractivity contribution is 5.87. The van der Waals surface area contributed by atoms with Crippen LogP contribution < -0.4 is 4.90 Å². The van der Waals surface area contributed by atoms with E-state index in [2.05, 4.69) is 0 Å². The summed E-state index contributed by atoms with van der Waals surface area (Å²) in [6.45, 7) is 3.21. The van der Waals surface area contributed by atoms with E-state index < -0.39 is 0 Å². The number of hydrogen-bond acceptors (Lipinski definition) is 2. The molecule has 2 aliphatic rings. The number of ether oxygens (including phenoxy) is 1. The molecular formula is C19H26NO2+. The van der Waals surface area contributed by atoms with Crippen LogP contribution in [0.25, 0.3) is 6.08 Å². The monoisotopic (exact) mass is 300 g/mol. The summed E-state index contributed by atoms with van der Waals surface area (Å²) >= 11 is 0. The minimum atomic E-state index is -0.216. The second-order valence-corrected chi connectivity index (χ2v) is 6.54. The Morgan fingerprint density at radius 2 is 1.95 bits per heavy atom. The van der Waals surface area contributed by atoms with Gasteiger partial charge in [0.05, 0.1) is 19.1 Å². The van der Waals surface area contributed by atoms with E-state index in [1.807, 2.05) is 36.4 Å². The number of rotatable bonds is 4. The van der Waals surface area contributed by atoms with Crippen LogP contribution in [0.4, 0.5) is 0 Å². The van der Waals surface area contributed by atoms with Gasteiger partial charge in [-0.3, -0.25) is 0 Å². The Kier molecular flexibility index (Phi) is 5.28. The van der Waals surface area contributed by atoms with Gasteiger partial charge in [0.2, 0.25) is 0 Å². The third-order valence-corrected chi connectivity index (χ3v) is 5.08. The van der Waals surface area contributed by atoms with Gasteiger partial charge in [-0.25, -0.2) is 4.79 Å². The van der Waals surface area contributed by atoms with Crippen LogP contribution in [0.1, 0.15) is 37.7 Å². The van der Waals surface area contributed by atoms with Crippen molar-refractivity contribution >= 4 is 12.0 Å². The summed E-state index contributed by atoms with van der Waals surface area (Å²) < 4.78 is 5.51. The Balaban J connectivity index is 1.49. The summed E-state index contributed by atoms with van der Waals surface area (Å²) in [6, 6.07) is 10.6. The fraction of sp³-hybridized carbons (Fsp3) is 0.526. The molecule has 2 saturated heterocycles. The van der Waals surface area contributed by atoms with Gasteiger partial charge >= 0.3 is 5.97 Å². The minimum Gasteiger partial charge on any atom is -0.462 e. The summed E-state index contributed by atoms with van der Waals surface area (Å²) in [7, 11) is 0. The van der Waals surface area contributed by atoms with Crippen molar-refractivity contribution in [2.45, 2.75) is 38.1 Å². The molecule has 3 atom stereocenters. The topological polar surface area (TPSA) is 30.7 Å². The number of fused-ring (bicyclic) bond motifs is 1. The van der Waals surface area contributed by atoms with Gasteiger partial charge in [0.1, 0.15) is 6.61 Å². The summed E-state index contributed by atoms with van der Waals surface area (Å²) in [6.07, 6.45) is 9.85. The Labute approximate surface area is 133 Å². The molecule has 0 aromatic heterocycles. The Morgan fingerprint density at radius 1 is 1.14 bits per heavy atom. The molecule has 1 aromatic carbocycles. The predicted molar refractivity (Wildman–Crippen MR) is 87.5 cm³/mol. The van der Waals surface area contributed by atoms with Crippen molar-refractivity contribution in [2.75, 3.05) is 19.7 Å². The summed E-state index contributed by atoms with van der Waals surface area (Å²) in [5, 5.41) is 0. The number of esters is 1. The highest BCUT2D eigenvalue weighted by Crippen LogP contribution is 2.20. The van der Waals surface area contributed by atoms with Gasteiger partial charge in [0.15, 0.2) is 0 Å². The molecule has 0 amide bonds. The van der Waals surface area contributed by atoms with Crippen molar-refractivity contribution in [3.8, 4) is 0 Å². The molecule has 3 rings (SSSR count). The van der Waals surface area contributed by atoms with Crippen molar-refractivity contribution < 1.29 is 14.4 Å². The first-order chi connectivity index (χ1) is 10.8. The van der Waals surface area contributed by atoms with Crippen molar-refractivity contribution in [3.05, 3.63) is 42.0 Å². The quantitative estimate of drug-likeness (QED) is 0.682. The molecule has 0 spiro atoms. The molecule has 1 unspecified atom stereocenters. The highest BCUT2D eigenvalue weighted by atomic mass is 16.5. The second kappa shape index (κ2) is 7.59. The van der Waals surface area contributed by atoms with Gasteiger partial charge in [-0.1, -0.05) is 30.3 Å². The maximum Gasteiger partial charge on any atom is 0.330 e. The van der Waals surface area contributed by atoms with E-state index in [1.165, 1.54) is 45.2 Å². The van der Waals surface area contributed by atoms with Crippen molar-refractivity contribution in [2.24, 2.45) is 5.92 Å². The zero-order valence-corrected chi connectivity index (χ0v) is 13.2. The lowest BCUT2D eigenvalue weighted by Gasteiger charge is -2.40. The number of hydrogen-bond donors (Lipinski definition) is 1. The SMILES string of the molecule is O=C(/C=C/c1ccccc1)OC[C@@H]1CCC[NH+]2CCCC[C@H]12. The Morgan fingerprint density at radius 3 is 2.82 bits per heavy atom. The van der Waals surface area contributed by atoms with E-state index in [0.717, 1.165) is 5.56 Å². The lowest BCUT2D eigenvalue weighted by atomic mass is 9.84. The summed E-state index contributed by atoms with van der Waals surface area (Å²) in [4.78, 5) is 13.7. The van der Waals surface area contributed by atoms with E-state index in [1.54, 1.807) is 11.0 Å². The molecule has 3 nitrogen and oxygen atoms in total. The summed E-state index contributed by atoms with van der Waals surface area (Å²) in [5.74, 6) is 0.338. The molecular weight excluding hydrogens is 274 g/mol. The van der Waals surface area contributed by atoms with Gasteiger partial charge in [0, 0.05) is 12.0 Å². The third kappa shape index (κ3) is 3.98. The number of carbonyl (C=O) groups excluding carboxylic acids is 1. The van der Waals surface area contributed by atoms with Crippen LogP contribution in [0, 0.1) is 5.92 Å². The highest BCUT2D eigenvalue weighted by Gasteiger charge is 2.36. The number of quaternary nitrogens is 1. The first kappa shape index (κ1) is 15.3. The van der Waals surface area contributed by atoms with Crippen LogP contribution in [-0.4, -0.2) is 31.7 Å². The average Bonchev–Trinajstić information content (AvgIpc) is 2.59. The van der Waals surface area contributed by atoms with E-state index in [4.69, 9.17) is 4.74 Å². The number of nitrogens with one attached hydrogen (secondary N) is 1. The molecule has 0 radical (unpaired) electrons. The maximum absolute atomic E-state index is 11.9. The standard InChI is InChI=1S/C19H25NO2/c21-19(12-11-16-7-2-1-3-8-16)22-15-17-9-6-14-20-13-5-4-10-18(17)20/h1-3,7-8,11-12,17-18H,4-6,9-10,13-15H2/p+1/b12-11+/t17-,18+/m0/s1. The average molecular weight is 300 g/mol. The second-order valence-electron chi connectivity index (χ2n) is 6.54. The van der Waals surface area contributed by atoms with Gasteiger partial charge in [-0.15, -0.1) is 0 Å². The fourth-order valence-corrected chi connectivity index (χ4v) is 3.94. The van der Waals surface area contributed by atoms with Crippen LogP contribution >= 0.6 is 0 Å². The van der Waals surface area contributed by atoms with Crippen molar-refractivity contribution in [3.63, 3.8) is 0 Å². The molecule has 118 valence electrons. The van der Waals surface area contributed by atoms with Crippen LogP contribution in [0.2, 0.25) is 0 Å². The zero-order valence-electron chi connectivity index (χ0n) is 13.2. The van der Waals surface area contributed by atoms with Crippen LogP contribution in [0.15, 0.2) is 36.4 Å². The molecule has 1 aromatic rings. The van der Waals surface area contributed by atoms with Gasteiger partial charge in [-0.2, -0.15) is 0 Å². The zero-order chi connectivity index (χ0) is 15.2. The van der Waals surface area contributed by atoms with Gasteiger partial charge < -0.3 is 9.64 Å². The molecule has 3 heteroatoms. The Bertz CT molecular complexity index is 509. The van der Waals surface area contributed by atoms with E-state index >= 15 is 0 Å². The number of benzene rings is 1. The largest absolute Gasteiger partial charge is 0.462 e. The first-order valence-corrected chi connectivity index (χ1v) is 8.57. The normalized spacial score (nSPS) is 28.3. The van der Waals surface area contributed by atoms with Crippen molar-refractivity contribution in [1.29, 1.82) is 0 Å².